The van der Waals surface area contributed by atoms with Crippen molar-refractivity contribution < 1.29 is 75.1 Å². The number of amides is 4. The number of fused-ring (bicyclic) bond motifs is 4. The van der Waals surface area contributed by atoms with E-state index in [0.717, 1.165) is 229 Å². The minimum atomic E-state index is -5.08. The maximum Gasteiger partial charge on any atom is 0.490 e. The SMILES string of the molecule is CCN(CC)c1ccc2c(-c3ccc(CC(=S)CCCCCCCc4c(C)c(C)c5c(c4C)CCC(C)(COc4ccc(/C=C6\SC(=O)NC6=O)cc4)O5)cc3OC=O)c3ccc(=[N+](CC)CC)cc-3oc2c1.Cc1c(C)c2c(c(C)c1CCCCCCN)CCC(C)(COc1ccc(/C=C3\SC(=O)NC3=O)cc1)O2.O=C(O)C(F)(F)F. The van der Waals surface area contributed by atoms with E-state index in [1.165, 1.54) is 74.9 Å². The molecular formula is C93H109F3N5O13S3+. The molecule has 2 atom stereocenters. The van der Waals surface area contributed by atoms with Crippen LogP contribution in [0.5, 0.6) is 28.7 Å². The predicted molar refractivity (Wildman–Crippen MR) is 466 cm³/mol. The number of nitrogens with two attached hydrogens (primary N) is 1. The Hall–Kier alpha value is -9.75. The number of halogens is 3. The monoisotopic (exact) mass is 1660 g/mol. The Balaban J connectivity index is 0.000000272. The summed E-state index contributed by atoms with van der Waals surface area (Å²) in [6, 6.07) is 34.0. The van der Waals surface area contributed by atoms with Crippen LogP contribution in [0, 0.1) is 41.5 Å². The van der Waals surface area contributed by atoms with Gasteiger partial charge in [-0.3, -0.25) is 34.6 Å². The topological polar surface area (TPSA) is 238 Å². The molecule has 1 aliphatic carbocycles. The number of carboxylic acid groups (broad SMARTS) is 1. The van der Waals surface area contributed by atoms with Crippen molar-refractivity contribution in [1.82, 2.24) is 15.2 Å². The highest BCUT2D eigenvalue weighted by molar-refractivity contribution is 8.18. The molecule has 18 nitrogen and oxygen atoms in total. The minimum absolute atomic E-state index is 0.339. The molecule has 5 aliphatic heterocycles. The van der Waals surface area contributed by atoms with Gasteiger partial charge in [-0.25, -0.2) is 9.37 Å². The smallest absolute Gasteiger partial charge is 0.489 e. The molecule has 5 N–H and O–H groups in total. The quantitative estimate of drug-likeness (QED) is 0.00765. The van der Waals surface area contributed by atoms with Crippen molar-refractivity contribution in [1.29, 1.82) is 0 Å². The Kier molecular flexibility index (Phi) is 31.1. The molecule has 0 saturated carbocycles. The van der Waals surface area contributed by atoms with Crippen molar-refractivity contribution in [2.45, 2.75) is 210 Å². The van der Waals surface area contributed by atoms with E-state index in [4.69, 9.17) is 56.0 Å². The molecule has 6 aromatic rings. The van der Waals surface area contributed by atoms with Gasteiger partial charge in [0.25, 0.3) is 28.8 Å². The average molecular weight is 1660 g/mol. The normalized spacial score (nSPS) is 16.9. The van der Waals surface area contributed by atoms with Gasteiger partial charge in [0.1, 0.15) is 77.6 Å². The van der Waals surface area contributed by atoms with Gasteiger partial charge in [-0.05, 0) is 322 Å². The van der Waals surface area contributed by atoms with Crippen molar-refractivity contribution in [3.05, 3.63) is 191 Å². The number of benzene rings is 7. The van der Waals surface area contributed by atoms with Crippen molar-refractivity contribution >= 4 is 104 Å². The maximum absolute atomic E-state index is 12.1. The first-order valence-electron chi connectivity index (χ1n) is 40.6. The lowest BCUT2D eigenvalue weighted by Gasteiger charge is -2.38. The van der Waals surface area contributed by atoms with Crippen LogP contribution in [-0.2, 0) is 51.3 Å². The molecule has 2 saturated heterocycles. The first-order valence-corrected chi connectivity index (χ1v) is 42.6. The average Bonchev–Trinajstić information content (AvgIpc) is 1.16. The Morgan fingerprint density at radius 3 is 1.58 bits per heavy atom. The first-order chi connectivity index (χ1) is 55.9. The number of unbranched alkanes of at least 4 members (excludes halogenated alkanes) is 7. The highest BCUT2D eigenvalue weighted by atomic mass is 32.2. The fourth-order valence-electron chi connectivity index (χ4n) is 15.7. The third kappa shape index (κ3) is 22.8. The van der Waals surface area contributed by atoms with Crippen molar-refractivity contribution in [3.63, 3.8) is 0 Å². The van der Waals surface area contributed by atoms with E-state index in [-0.39, 0.29) is 22.3 Å². The van der Waals surface area contributed by atoms with Gasteiger partial charge in [-0.1, -0.05) is 80.7 Å². The summed E-state index contributed by atoms with van der Waals surface area (Å²) in [4.78, 5) is 71.6. The Morgan fingerprint density at radius 1 is 0.632 bits per heavy atom. The van der Waals surface area contributed by atoms with Crippen molar-refractivity contribution in [3.8, 4) is 51.2 Å². The standard InChI is InChI=1S/C61H69N3O7S2.C30H38N2O4S.C2HF3O2/c1-9-63(10-2)44-23-28-51-54(35-44)70-55-36-45(64(11-3)12-4)24-29-52(55)57(51)50-27-22-43(33-53(50)69-38-65)32-47(72)18-16-14-13-15-17-19-48-39(5)40(6)58-49(41(48)7)30-31-61(8,71-58)37-68-46-25-20-42(21-26-46)34-56-59(66)62-60(67)73-56;1-19-20(2)27-25(21(3)24(19)9-7-5-6-8-16-31)14-15-30(4,36-27)18-35-23-12-10-22(11-13-23)17-26-28(33)32-29(34)37-26;3-2(4,5)1(6)7/h20-29,33-36,38H,9-19,30-32,37H2,1-8H3;10-13,17H,5-9,14-16,18,31H2,1-4H3,(H,32,33,34);(H,6,7)/p+1/b56-34-;26-17-;. The molecule has 12 rings (SSSR count). The zero-order chi connectivity index (χ0) is 84.5. The minimum Gasteiger partial charge on any atom is -0.489 e. The van der Waals surface area contributed by atoms with Crippen LogP contribution in [0.15, 0.2) is 117 Å². The van der Waals surface area contributed by atoms with Gasteiger partial charge in [0, 0.05) is 59.4 Å². The Bertz CT molecular complexity index is 5100. The van der Waals surface area contributed by atoms with Crippen LogP contribution in [0.4, 0.5) is 28.4 Å². The Morgan fingerprint density at radius 2 is 1.12 bits per heavy atom. The van der Waals surface area contributed by atoms with Crippen LogP contribution < -0.4 is 54.9 Å². The second-order valence-electron chi connectivity index (χ2n) is 30.8. The van der Waals surface area contributed by atoms with Gasteiger partial charge in [-0.15, -0.1) is 0 Å². The summed E-state index contributed by atoms with van der Waals surface area (Å²) in [5, 5.41) is 13.1. The van der Waals surface area contributed by atoms with E-state index < -0.39 is 23.3 Å². The fourth-order valence-corrected chi connectivity index (χ4v) is 17.4. The van der Waals surface area contributed by atoms with Crippen LogP contribution in [0.1, 0.15) is 191 Å². The van der Waals surface area contributed by atoms with E-state index in [1.54, 1.807) is 12.2 Å². The zero-order valence-corrected chi connectivity index (χ0v) is 71.6. The number of carbonyl (C=O) groups excluding carboxylic acids is 5. The molecule has 5 heterocycles. The summed E-state index contributed by atoms with van der Waals surface area (Å²) in [6.45, 7) is 31.9. The van der Waals surface area contributed by atoms with Crippen molar-refractivity contribution in [2.24, 2.45) is 5.73 Å². The molecular weight excluding hydrogens is 1550 g/mol. The molecule has 0 spiro atoms. The highest BCUT2D eigenvalue weighted by Gasteiger charge is 2.40. The van der Waals surface area contributed by atoms with E-state index in [2.05, 4.69) is 152 Å². The number of hydrogen-bond donors (Lipinski definition) is 4. The maximum atomic E-state index is 12.1. The number of nitrogens with zero attached hydrogens (tertiary/aromatic N) is 2. The Labute approximate surface area is 698 Å². The lowest BCUT2D eigenvalue weighted by molar-refractivity contribution is -0.192. The summed E-state index contributed by atoms with van der Waals surface area (Å²) in [6.07, 6.45) is 16.1. The number of aliphatic carboxylic acids is 1. The molecule has 6 aromatic carbocycles. The molecule has 0 radical (unpaired) electrons. The number of carbonyl (C=O) groups is 6. The molecule has 6 aliphatic rings. The molecule has 2 unspecified atom stereocenters. The zero-order valence-electron chi connectivity index (χ0n) is 69.2. The number of imide groups is 2. The molecule has 0 bridgehead atoms. The third-order valence-corrected chi connectivity index (χ3v) is 24.6. The molecule has 622 valence electrons. The van der Waals surface area contributed by atoms with Crippen LogP contribution in [0.2, 0.25) is 0 Å². The van der Waals surface area contributed by atoms with Crippen LogP contribution in [-0.4, -0.2) is 108 Å². The van der Waals surface area contributed by atoms with Crippen LogP contribution in [0.25, 0.3) is 45.6 Å². The third-order valence-electron chi connectivity index (χ3n) is 22.6. The van der Waals surface area contributed by atoms with Gasteiger partial charge in [-0.2, -0.15) is 13.2 Å². The number of hydrogen-bond acceptors (Lipinski definition) is 17. The second kappa shape index (κ2) is 40.6. The largest absolute Gasteiger partial charge is 0.490 e. The molecule has 24 heteroatoms. The number of alkyl halides is 3. The predicted octanol–water partition coefficient (Wildman–Crippen LogP) is 20.1. The highest BCUT2D eigenvalue weighted by Crippen LogP contribution is 2.47. The number of anilines is 1. The van der Waals surface area contributed by atoms with E-state index >= 15 is 0 Å². The molecule has 0 aromatic heterocycles. The van der Waals surface area contributed by atoms with Gasteiger partial charge in [0.2, 0.25) is 5.36 Å². The lowest BCUT2D eigenvalue weighted by Crippen LogP contribution is -2.42. The number of carboxylic acids is 1. The van der Waals surface area contributed by atoms with E-state index in [9.17, 15) is 37.1 Å². The molecule has 2 fully saturated rings. The van der Waals surface area contributed by atoms with Crippen LogP contribution in [0.3, 0.4) is 0 Å². The van der Waals surface area contributed by atoms with E-state index in [1.807, 2.05) is 54.6 Å². The summed E-state index contributed by atoms with van der Waals surface area (Å²) >= 11 is 7.79. The number of thiocarbonyl (C=S) groups is 1. The van der Waals surface area contributed by atoms with E-state index in [0.29, 0.717) is 41.7 Å². The van der Waals surface area contributed by atoms with Gasteiger partial charge in [0.15, 0.2) is 0 Å². The summed E-state index contributed by atoms with van der Waals surface area (Å²) < 4.78 is 72.4. The van der Waals surface area contributed by atoms with Crippen LogP contribution >= 0.6 is 35.7 Å². The number of thioether (sulfide) groups is 2. The lowest BCUT2D eigenvalue weighted by atomic mass is 9.84. The second-order valence-corrected chi connectivity index (χ2v) is 33.4. The molecule has 117 heavy (non-hydrogen) atoms. The summed E-state index contributed by atoms with van der Waals surface area (Å²) in [5.74, 6) is 1.31. The van der Waals surface area contributed by atoms with Crippen molar-refractivity contribution in [2.75, 3.05) is 50.8 Å². The first kappa shape index (κ1) is 89.6. The molecule has 4 amide bonds. The summed E-state index contributed by atoms with van der Waals surface area (Å²) in [7, 11) is 0. The number of rotatable bonds is 32. The summed E-state index contributed by atoms with van der Waals surface area (Å²) in [5.41, 5.74) is 25.6. The number of ether oxygens (including phenoxy) is 5. The van der Waals surface area contributed by atoms with Gasteiger partial charge in [0.05, 0.1) is 15.9 Å². The van der Waals surface area contributed by atoms with Gasteiger partial charge < -0.3 is 43.8 Å². The fraction of sp³-hybridized carbons (Fsp3) is 0.419. The van der Waals surface area contributed by atoms with Gasteiger partial charge >= 0.3 is 12.1 Å². The number of nitrogens with one attached hydrogen (secondary N) is 2.